The third-order valence-electron chi connectivity index (χ3n) is 2.45. The lowest BCUT2D eigenvalue weighted by molar-refractivity contribution is -0.691. The molecular formula is C13H10F3N2O2+. The summed E-state index contributed by atoms with van der Waals surface area (Å²) >= 11 is 0. The molecule has 0 amide bonds. The number of esters is 1. The van der Waals surface area contributed by atoms with Gasteiger partial charge in [0.1, 0.15) is 6.20 Å². The number of aromatic nitrogens is 2. The molecule has 4 nitrogen and oxygen atoms in total. The van der Waals surface area contributed by atoms with E-state index in [1.807, 2.05) is 6.07 Å². The summed E-state index contributed by atoms with van der Waals surface area (Å²) in [6, 6.07) is 9.01. The second kappa shape index (κ2) is 5.68. The molecule has 1 heterocycles. The number of alkyl halides is 3. The smallest absolute Gasteiger partial charge is 0.365 e. The first kappa shape index (κ1) is 14.0. The van der Waals surface area contributed by atoms with Crippen molar-refractivity contribution in [2.45, 2.75) is 12.9 Å². The van der Waals surface area contributed by atoms with Crippen LogP contribution in [0.2, 0.25) is 0 Å². The van der Waals surface area contributed by atoms with E-state index in [4.69, 9.17) is 0 Å². The maximum absolute atomic E-state index is 12.1. The topological polar surface area (TPSA) is 43.1 Å². The van der Waals surface area contributed by atoms with Crippen molar-refractivity contribution in [1.29, 1.82) is 0 Å². The summed E-state index contributed by atoms with van der Waals surface area (Å²) in [5.74, 6) is -1.48. The van der Waals surface area contributed by atoms with Crippen LogP contribution in [0.4, 0.5) is 13.2 Å². The van der Waals surface area contributed by atoms with Crippen molar-refractivity contribution in [2.75, 3.05) is 0 Å². The Morgan fingerprint density at radius 1 is 1.25 bits per heavy atom. The molecule has 0 N–H and O–H groups in total. The minimum Gasteiger partial charge on any atom is -0.365 e. The van der Waals surface area contributed by atoms with Crippen LogP contribution in [0.3, 0.4) is 0 Å². The van der Waals surface area contributed by atoms with E-state index in [2.05, 4.69) is 9.72 Å². The fourth-order valence-corrected chi connectivity index (χ4v) is 1.63. The van der Waals surface area contributed by atoms with Crippen LogP contribution in [-0.2, 0) is 11.3 Å². The van der Waals surface area contributed by atoms with Crippen LogP contribution in [0.1, 0.15) is 16.1 Å². The lowest BCUT2D eigenvalue weighted by atomic mass is 10.2. The van der Waals surface area contributed by atoms with Crippen LogP contribution in [0.15, 0.2) is 48.9 Å². The summed E-state index contributed by atoms with van der Waals surface area (Å²) in [4.78, 5) is 15.1. The van der Waals surface area contributed by atoms with E-state index < -0.39 is 12.3 Å². The summed E-state index contributed by atoms with van der Waals surface area (Å²) in [5.41, 5.74) is 0.568. The molecule has 0 aliphatic rings. The van der Waals surface area contributed by atoms with Gasteiger partial charge in [-0.1, -0.05) is 30.3 Å². The molecule has 0 saturated heterocycles. The van der Waals surface area contributed by atoms with Crippen molar-refractivity contribution < 1.29 is 27.3 Å². The fourth-order valence-electron chi connectivity index (χ4n) is 1.63. The minimum atomic E-state index is -5.02. The maximum atomic E-state index is 12.1. The predicted molar refractivity (Wildman–Crippen MR) is 61.4 cm³/mol. The Hall–Kier alpha value is -2.44. The predicted octanol–water partition coefficient (Wildman–Crippen LogP) is 2.09. The van der Waals surface area contributed by atoms with Crippen LogP contribution < -0.4 is 4.57 Å². The van der Waals surface area contributed by atoms with E-state index in [1.165, 1.54) is 17.0 Å². The average molecular weight is 283 g/mol. The second-order valence-corrected chi connectivity index (χ2v) is 3.91. The number of benzene rings is 1. The van der Waals surface area contributed by atoms with Gasteiger partial charge < -0.3 is 4.74 Å². The quantitative estimate of drug-likeness (QED) is 0.640. The van der Waals surface area contributed by atoms with Gasteiger partial charge in [0, 0.05) is 5.56 Å². The van der Waals surface area contributed by atoms with E-state index in [0.29, 0.717) is 0 Å². The number of ether oxygens (including phenoxy) is 1. The Labute approximate surface area is 112 Å². The number of hydrogen-bond acceptors (Lipinski definition) is 3. The highest BCUT2D eigenvalue weighted by Gasteiger charge is 2.37. The number of hydrogen-bond donors (Lipinski definition) is 0. The Morgan fingerprint density at radius 2 is 1.95 bits per heavy atom. The molecule has 0 aliphatic heterocycles. The molecule has 0 bridgehead atoms. The van der Waals surface area contributed by atoms with Crippen LogP contribution in [-0.4, -0.2) is 17.3 Å². The Balaban J connectivity index is 2.25. The fraction of sp³-hybridized carbons (Fsp3) is 0.154. The molecule has 104 valence electrons. The number of nitrogens with zero attached hydrogens (tertiary/aromatic N) is 2. The summed E-state index contributed by atoms with van der Waals surface area (Å²) in [5, 5.41) is 0. The molecule has 2 aromatic rings. The molecule has 1 aromatic carbocycles. The standard InChI is InChI=1S/C13H10F3N2O2/c14-13(15,16)20-12(19)11-8-17-6-7-18(11)9-10-4-2-1-3-5-10/h1-8H,9H2/q+1. The lowest BCUT2D eigenvalue weighted by Crippen LogP contribution is -2.42. The van der Waals surface area contributed by atoms with Gasteiger partial charge in [0.05, 0.1) is 6.20 Å². The van der Waals surface area contributed by atoms with Crippen molar-refractivity contribution in [3.05, 3.63) is 60.2 Å². The van der Waals surface area contributed by atoms with Gasteiger partial charge in [0.15, 0.2) is 12.7 Å². The second-order valence-electron chi connectivity index (χ2n) is 3.91. The highest BCUT2D eigenvalue weighted by Crippen LogP contribution is 2.17. The van der Waals surface area contributed by atoms with Crippen molar-refractivity contribution in [3.63, 3.8) is 0 Å². The monoisotopic (exact) mass is 283 g/mol. The van der Waals surface area contributed by atoms with Gasteiger partial charge in [-0.3, -0.25) is 4.98 Å². The van der Waals surface area contributed by atoms with Gasteiger partial charge in [-0.05, 0) is 0 Å². The molecule has 0 saturated carbocycles. The number of rotatable bonds is 3. The van der Waals surface area contributed by atoms with E-state index in [-0.39, 0.29) is 12.2 Å². The zero-order valence-electron chi connectivity index (χ0n) is 10.2. The number of carbonyl (C=O) groups excluding carboxylic acids is 1. The average Bonchev–Trinajstić information content (AvgIpc) is 2.38. The number of carbonyl (C=O) groups is 1. The van der Waals surface area contributed by atoms with Gasteiger partial charge in [-0.25, -0.2) is 4.79 Å². The third kappa shape index (κ3) is 3.78. The zero-order chi connectivity index (χ0) is 14.6. The third-order valence-corrected chi connectivity index (χ3v) is 2.45. The van der Waals surface area contributed by atoms with Gasteiger partial charge >= 0.3 is 18.0 Å². The van der Waals surface area contributed by atoms with Crippen LogP contribution >= 0.6 is 0 Å². The molecule has 20 heavy (non-hydrogen) atoms. The van der Waals surface area contributed by atoms with Crippen LogP contribution in [0, 0.1) is 0 Å². The highest BCUT2D eigenvalue weighted by molar-refractivity contribution is 5.85. The van der Waals surface area contributed by atoms with Gasteiger partial charge in [0.2, 0.25) is 0 Å². The van der Waals surface area contributed by atoms with Gasteiger partial charge in [0.25, 0.3) is 0 Å². The molecule has 7 heteroatoms. The van der Waals surface area contributed by atoms with Crippen LogP contribution in [0.5, 0.6) is 0 Å². The maximum Gasteiger partial charge on any atom is 0.575 e. The van der Waals surface area contributed by atoms with Crippen molar-refractivity contribution in [2.24, 2.45) is 0 Å². The van der Waals surface area contributed by atoms with E-state index in [0.717, 1.165) is 11.8 Å². The Bertz CT molecular complexity index is 600. The molecule has 0 unspecified atom stereocenters. The molecule has 0 atom stereocenters. The van der Waals surface area contributed by atoms with Crippen LogP contribution in [0.25, 0.3) is 0 Å². The SMILES string of the molecule is O=C(OC(F)(F)F)c1cncc[n+]1Cc1ccccc1. The normalized spacial score (nSPS) is 11.2. The van der Waals surface area contributed by atoms with Gasteiger partial charge in [-0.2, -0.15) is 4.57 Å². The summed E-state index contributed by atoms with van der Waals surface area (Å²) < 4.78 is 41.0. The molecule has 0 spiro atoms. The molecule has 0 fully saturated rings. The van der Waals surface area contributed by atoms with Crippen molar-refractivity contribution in [3.8, 4) is 0 Å². The van der Waals surface area contributed by atoms with E-state index in [1.54, 1.807) is 24.3 Å². The summed E-state index contributed by atoms with van der Waals surface area (Å²) in [6.07, 6.45) is -1.18. The largest absolute Gasteiger partial charge is 0.575 e. The highest BCUT2D eigenvalue weighted by atomic mass is 19.4. The minimum absolute atomic E-state index is 0.242. The first-order chi connectivity index (χ1) is 9.46. The molecular weight excluding hydrogens is 273 g/mol. The molecule has 2 rings (SSSR count). The van der Waals surface area contributed by atoms with E-state index >= 15 is 0 Å². The molecule has 0 radical (unpaired) electrons. The van der Waals surface area contributed by atoms with Crippen molar-refractivity contribution in [1.82, 2.24) is 4.98 Å². The lowest BCUT2D eigenvalue weighted by Gasteiger charge is -2.06. The Morgan fingerprint density at radius 3 is 2.60 bits per heavy atom. The van der Waals surface area contributed by atoms with Gasteiger partial charge in [-0.15, -0.1) is 13.2 Å². The van der Waals surface area contributed by atoms with E-state index in [9.17, 15) is 18.0 Å². The first-order valence-corrected chi connectivity index (χ1v) is 5.63. The number of halogens is 3. The van der Waals surface area contributed by atoms with Crippen molar-refractivity contribution >= 4 is 5.97 Å². The molecule has 0 aliphatic carbocycles. The Kier molecular flexibility index (Phi) is 3.97. The zero-order valence-corrected chi connectivity index (χ0v) is 10.2. The first-order valence-electron chi connectivity index (χ1n) is 5.63. The summed E-state index contributed by atoms with van der Waals surface area (Å²) in [6.45, 7) is 0.242. The molecule has 1 aromatic heterocycles. The summed E-state index contributed by atoms with van der Waals surface area (Å²) in [7, 11) is 0.